The van der Waals surface area contributed by atoms with Gasteiger partial charge in [-0.05, 0) is 28.2 Å². The van der Waals surface area contributed by atoms with Crippen LogP contribution >= 0.6 is 22.6 Å². The first kappa shape index (κ1) is 10.2. The summed E-state index contributed by atoms with van der Waals surface area (Å²) in [6.07, 6.45) is 0. The maximum Gasteiger partial charge on any atom is 0.169 e. The quantitative estimate of drug-likeness (QED) is 0.574. The molecule has 0 bridgehead atoms. The van der Waals surface area contributed by atoms with Crippen molar-refractivity contribution < 1.29 is 0 Å². The molecule has 3 rings (SSSR count). The van der Waals surface area contributed by atoms with Crippen LogP contribution in [0.3, 0.4) is 0 Å². The Morgan fingerprint density at radius 3 is 3.00 bits per heavy atom. The van der Waals surface area contributed by atoms with Gasteiger partial charge in [0.15, 0.2) is 3.83 Å². The molecule has 2 heterocycles. The average Bonchev–Trinajstić information content (AvgIpc) is 2.54. The van der Waals surface area contributed by atoms with Crippen LogP contribution in [0.2, 0.25) is 0 Å². The zero-order valence-corrected chi connectivity index (χ0v) is 10.7. The van der Waals surface area contributed by atoms with E-state index in [1.165, 1.54) is 11.1 Å². The molecule has 5 heteroatoms. The predicted molar refractivity (Wildman–Crippen MR) is 70.2 cm³/mol. The van der Waals surface area contributed by atoms with E-state index in [9.17, 15) is 0 Å². The maximum absolute atomic E-state index is 5.96. The molecule has 2 aromatic rings. The summed E-state index contributed by atoms with van der Waals surface area (Å²) >= 11 is 2.19. The number of hydrazine groups is 1. The Bertz CT molecular complexity index is 535. The van der Waals surface area contributed by atoms with Crippen LogP contribution in [0.1, 0.15) is 11.3 Å². The van der Waals surface area contributed by atoms with Gasteiger partial charge in [-0.2, -0.15) is 0 Å². The van der Waals surface area contributed by atoms with Gasteiger partial charge in [-0.1, -0.05) is 24.3 Å². The van der Waals surface area contributed by atoms with Crippen molar-refractivity contribution in [2.45, 2.75) is 13.1 Å². The van der Waals surface area contributed by atoms with Crippen LogP contribution in [0.5, 0.6) is 0 Å². The Labute approximate surface area is 107 Å². The SMILES string of the molecule is NN1Cc2ccccc2-c2nc(I)[nH]c2C1. The molecule has 0 amide bonds. The lowest BCUT2D eigenvalue weighted by Crippen LogP contribution is -2.29. The van der Waals surface area contributed by atoms with Gasteiger partial charge in [0, 0.05) is 12.1 Å². The third kappa shape index (κ3) is 1.64. The number of nitrogens with zero attached hydrogens (tertiary/aromatic N) is 2. The number of fused-ring (bicyclic) bond motifs is 3. The summed E-state index contributed by atoms with van der Waals surface area (Å²) in [5.41, 5.74) is 4.54. The molecule has 82 valence electrons. The summed E-state index contributed by atoms with van der Waals surface area (Å²) in [7, 11) is 0. The fourth-order valence-electron chi connectivity index (χ4n) is 2.08. The predicted octanol–water partition coefficient (Wildman–Crippen LogP) is 1.87. The summed E-state index contributed by atoms with van der Waals surface area (Å²) in [5, 5.41) is 1.80. The van der Waals surface area contributed by atoms with Gasteiger partial charge in [0.2, 0.25) is 0 Å². The molecule has 1 aromatic carbocycles. The maximum atomic E-state index is 5.96. The second-order valence-electron chi connectivity index (χ2n) is 3.92. The zero-order chi connectivity index (χ0) is 11.1. The highest BCUT2D eigenvalue weighted by Gasteiger charge is 2.20. The van der Waals surface area contributed by atoms with Crippen LogP contribution in [0, 0.1) is 3.83 Å². The molecule has 1 aliphatic heterocycles. The Kier molecular flexibility index (Phi) is 2.45. The molecular formula is C11H11IN4. The second kappa shape index (κ2) is 3.83. The standard InChI is InChI=1S/C11H11IN4/c12-11-14-9-6-16(13)5-7-3-1-2-4-8(7)10(9)15-11/h1-4H,5-6,13H2,(H,14,15). The van der Waals surface area contributed by atoms with Crippen molar-refractivity contribution in [2.75, 3.05) is 0 Å². The molecular weight excluding hydrogens is 315 g/mol. The van der Waals surface area contributed by atoms with E-state index in [1.54, 1.807) is 5.01 Å². The molecule has 4 nitrogen and oxygen atoms in total. The largest absolute Gasteiger partial charge is 0.336 e. The van der Waals surface area contributed by atoms with Gasteiger partial charge in [0.25, 0.3) is 0 Å². The molecule has 0 atom stereocenters. The zero-order valence-electron chi connectivity index (χ0n) is 8.57. The Hall–Kier alpha value is -0.920. The van der Waals surface area contributed by atoms with Crippen LogP contribution in [-0.4, -0.2) is 15.0 Å². The second-order valence-corrected chi connectivity index (χ2v) is 4.94. The smallest absolute Gasteiger partial charge is 0.169 e. The highest BCUT2D eigenvalue weighted by molar-refractivity contribution is 14.1. The fourth-order valence-corrected chi connectivity index (χ4v) is 2.65. The molecule has 0 aliphatic carbocycles. The van der Waals surface area contributed by atoms with Crippen LogP contribution in [0.4, 0.5) is 0 Å². The van der Waals surface area contributed by atoms with Crippen LogP contribution in [0.25, 0.3) is 11.3 Å². The minimum Gasteiger partial charge on any atom is -0.336 e. The lowest BCUT2D eigenvalue weighted by atomic mass is 10.0. The number of hydrogen-bond donors (Lipinski definition) is 2. The van der Waals surface area contributed by atoms with Gasteiger partial charge in [-0.25, -0.2) is 9.99 Å². The van der Waals surface area contributed by atoms with E-state index >= 15 is 0 Å². The normalized spacial score (nSPS) is 15.4. The van der Waals surface area contributed by atoms with Gasteiger partial charge < -0.3 is 4.98 Å². The first-order valence-electron chi connectivity index (χ1n) is 5.06. The fraction of sp³-hybridized carbons (Fsp3) is 0.182. The van der Waals surface area contributed by atoms with Crippen molar-refractivity contribution in [1.82, 2.24) is 15.0 Å². The number of rotatable bonds is 0. The van der Waals surface area contributed by atoms with Crippen molar-refractivity contribution >= 4 is 22.6 Å². The number of H-pyrrole nitrogens is 1. The van der Waals surface area contributed by atoms with E-state index in [0.717, 1.165) is 21.8 Å². The summed E-state index contributed by atoms with van der Waals surface area (Å²) in [6.45, 7) is 1.47. The third-order valence-electron chi connectivity index (χ3n) is 2.76. The Balaban J connectivity index is 2.25. The van der Waals surface area contributed by atoms with Gasteiger partial charge in [-0.3, -0.25) is 5.84 Å². The third-order valence-corrected chi connectivity index (χ3v) is 3.27. The first-order chi connectivity index (χ1) is 7.74. The monoisotopic (exact) mass is 326 g/mol. The van der Waals surface area contributed by atoms with E-state index in [4.69, 9.17) is 5.84 Å². The van der Waals surface area contributed by atoms with Crippen molar-refractivity contribution in [3.8, 4) is 11.3 Å². The van der Waals surface area contributed by atoms with Gasteiger partial charge in [0.1, 0.15) is 0 Å². The number of hydrogen-bond acceptors (Lipinski definition) is 3. The number of nitrogens with two attached hydrogens (primary N) is 1. The van der Waals surface area contributed by atoms with Crippen molar-refractivity contribution in [3.05, 3.63) is 39.4 Å². The lowest BCUT2D eigenvalue weighted by Gasteiger charge is -2.12. The molecule has 0 fully saturated rings. The average molecular weight is 326 g/mol. The lowest BCUT2D eigenvalue weighted by molar-refractivity contribution is 0.266. The Morgan fingerprint density at radius 1 is 1.31 bits per heavy atom. The van der Waals surface area contributed by atoms with Crippen molar-refractivity contribution in [2.24, 2.45) is 5.84 Å². The van der Waals surface area contributed by atoms with Crippen LogP contribution in [-0.2, 0) is 13.1 Å². The van der Waals surface area contributed by atoms with E-state index in [2.05, 4.69) is 44.7 Å². The van der Waals surface area contributed by atoms with E-state index in [1.807, 2.05) is 12.1 Å². The molecule has 0 radical (unpaired) electrons. The highest BCUT2D eigenvalue weighted by Crippen LogP contribution is 2.30. The van der Waals surface area contributed by atoms with Gasteiger partial charge in [-0.15, -0.1) is 0 Å². The van der Waals surface area contributed by atoms with Gasteiger partial charge >= 0.3 is 0 Å². The van der Waals surface area contributed by atoms with Gasteiger partial charge in [0.05, 0.1) is 17.9 Å². The van der Waals surface area contributed by atoms with E-state index < -0.39 is 0 Å². The molecule has 1 aromatic heterocycles. The van der Waals surface area contributed by atoms with Crippen molar-refractivity contribution in [3.63, 3.8) is 0 Å². The minimum absolute atomic E-state index is 0.708. The summed E-state index contributed by atoms with van der Waals surface area (Å²) in [5.74, 6) is 5.96. The molecule has 0 spiro atoms. The summed E-state index contributed by atoms with van der Waals surface area (Å²) in [6, 6.07) is 8.28. The number of aromatic nitrogens is 2. The number of nitrogens with one attached hydrogen (secondary N) is 1. The number of imidazole rings is 1. The molecule has 3 N–H and O–H groups in total. The number of aromatic amines is 1. The highest BCUT2D eigenvalue weighted by atomic mass is 127. The van der Waals surface area contributed by atoms with Crippen molar-refractivity contribution in [1.29, 1.82) is 0 Å². The molecule has 0 unspecified atom stereocenters. The minimum atomic E-state index is 0.708. The number of benzene rings is 1. The van der Waals surface area contributed by atoms with Crippen LogP contribution in [0.15, 0.2) is 24.3 Å². The molecule has 16 heavy (non-hydrogen) atoms. The summed E-state index contributed by atoms with van der Waals surface area (Å²) in [4.78, 5) is 7.80. The molecule has 0 saturated heterocycles. The molecule has 0 saturated carbocycles. The van der Waals surface area contributed by atoms with E-state index in [0.29, 0.717) is 6.54 Å². The first-order valence-corrected chi connectivity index (χ1v) is 6.14. The van der Waals surface area contributed by atoms with E-state index in [-0.39, 0.29) is 0 Å². The van der Waals surface area contributed by atoms with Crippen LogP contribution < -0.4 is 5.84 Å². The summed E-state index contributed by atoms with van der Waals surface area (Å²) < 4.78 is 0.910. The topological polar surface area (TPSA) is 57.9 Å². The molecule has 1 aliphatic rings. The Morgan fingerprint density at radius 2 is 2.12 bits per heavy atom. The number of halogens is 1.